The summed E-state index contributed by atoms with van der Waals surface area (Å²) in [6, 6.07) is 13.5. The highest BCUT2D eigenvalue weighted by Crippen LogP contribution is 2.45. The van der Waals surface area contributed by atoms with E-state index in [0.717, 1.165) is 80.7 Å². The van der Waals surface area contributed by atoms with Gasteiger partial charge in [0.1, 0.15) is 29.8 Å². The first-order valence-electron chi connectivity index (χ1n) is 20.0. The number of benzene rings is 3. The summed E-state index contributed by atoms with van der Waals surface area (Å²) in [4.78, 5) is 56.0. The van der Waals surface area contributed by atoms with E-state index in [0.29, 0.717) is 38.5 Å². The highest BCUT2D eigenvalue weighted by molar-refractivity contribution is 6.06. The Morgan fingerprint density at radius 2 is 1.86 bits per heavy atom. The quantitative estimate of drug-likeness (QED) is 0.180. The summed E-state index contributed by atoms with van der Waals surface area (Å²) in [5.41, 5.74) is 7.43. The minimum atomic E-state index is -0.900. The van der Waals surface area contributed by atoms with Gasteiger partial charge in [0.05, 0.1) is 49.5 Å². The van der Waals surface area contributed by atoms with Crippen LogP contribution in [0.3, 0.4) is 0 Å². The number of aliphatic imine (C=N–C) groups is 1. The van der Waals surface area contributed by atoms with Crippen molar-refractivity contribution in [3.8, 4) is 28.1 Å². The van der Waals surface area contributed by atoms with Crippen LogP contribution in [0.4, 0.5) is 15.3 Å². The number of aromatic nitrogens is 2. The van der Waals surface area contributed by atoms with Gasteiger partial charge in [0.15, 0.2) is 0 Å². The molecule has 306 valence electrons. The highest BCUT2D eigenvalue weighted by Gasteiger charge is 2.42. The number of H-pyrrole nitrogens is 1. The van der Waals surface area contributed by atoms with Gasteiger partial charge in [-0.3, -0.25) is 14.7 Å². The molecule has 2 N–H and O–H groups in total. The molecular formula is C44H52N6O8. The summed E-state index contributed by atoms with van der Waals surface area (Å²) in [5.74, 6) is 1.47. The maximum Gasteiger partial charge on any atom is 0.410 e. The molecule has 5 heterocycles. The molecule has 3 amide bonds. The minimum Gasteiger partial charge on any atom is -0.488 e. The van der Waals surface area contributed by atoms with Crippen molar-refractivity contribution < 1.29 is 38.1 Å². The van der Waals surface area contributed by atoms with Crippen LogP contribution in [0.1, 0.15) is 70.0 Å². The lowest BCUT2D eigenvalue weighted by molar-refractivity contribution is -0.137. The van der Waals surface area contributed by atoms with E-state index in [2.05, 4.69) is 52.8 Å². The molecular weight excluding hydrogens is 741 g/mol. The number of nitrogens with zero attached hydrogens (tertiary/aromatic N) is 4. The molecule has 4 aliphatic heterocycles. The average molecular weight is 793 g/mol. The molecule has 3 aromatic carbocycles. The first-order valence-corrected chi connectivity index (χ1v) is 20.0. The predicted octanol–water partition coefficient (Wildman–Crippen LogP) is 7.11. The van der Waals surface area contributed by atoms with Crippen LogP contribution in [0.15, 0.2) is 53.7 Å². The van der Waals surface area contributed by atoms with E-state index in [1.54, 1.807) is 25.1 Å². The molecule has 4 aromatic rings. The number of nitrogens with one attached hydrogen (secondary N) is 2. The second-order valence-electron chi connectivity index (χ2n) is 16.7. The van der Waals surface area contributed by atoms with Crippen molar-refractivity contribution in [2.75, 3.05) is 41.0 Å². The van der Waals surface area contributed by atoms with E-state index in [1.165, 1.54) is 14.2 Å². The molecule has 0 spiro atoms. The SMILES string of the molecule is COC[C@H]1C[C@@H](C2=Nc3ccc4cc5c(cc4c3C2)OCc2cc(-c3cnc([C@@H]4CCCN4C(=O)[C@@H](NC(=O)OC)[C@@H](C)OC)[nH]3)ccc2-5)N(C(=O)OC(C)(C)C)C1. The smallest absolute Gasteiger partial charge is 0.410 e. The summed E-state index contributed by atoms with van der Waals surface area (Å²) in [6.07, 6.45) is 3.21. The Morgan fingerprint density at radius 3 is 2.62 bits per heavy atom. The second-order valence-corrected chi connectivity index (χ2v) is 16.7. The van der Waals surface area contributed by atoms with Gasteiger partial charge in [-0.05, 0) is 104 Å². The molecule has 2 saturated heterocycles. The predicted molar refractivity (Wildman–Crippen MR) is 218 cm³/mol. The Bertz CT molecular complexity index is 2280. The van der Waals surface area contributed by atoms with Gasteiger partial charge in [0.2, 0.25) is 5.91 Å². The largest absolute Gasteiger partial charge is 0.488 e. The molecule has 0 saturated carbocycles. The van der Waals surface area contributed by atoms with Crippen molar-refractivity contribution in [3.05, 3.63) is 65.6 Å². The van der Waals surface area contributed by atoms with Crippen LogP contribution < -0.4 is 10.1 Å². The molecule has 8 rings (SSSR count). The summed E-state index contributed by atoms with van der Waals surface area (Å²) in [6.45, 7) is 9.50. The lowest BCUT2D eigenvalue weighted by Crippen LogP contribution is -2.54. The van der Waals surface area contributed by atoms with Gasteiger partial charge < -0.3 is 38.9 Å². The van der Waals surface area contributed by atoms with Gasteiger partial charge in [0.25, 0.3) is 0 Å². The number of imidazole rings is 1. The third-order valence-corrected chi connectivity index (χ3v) is 11.7. The van der Waals surface area contributed by atoms with E-state index >= 15 is 0 Å². The second kappa shape index (κ2) is 15.7. The summed E-state index contributed by atoms with van der Waals surface area (Å²) < 4.78 is 27.9. The molecule has 0 radical (unpaired) electrons. The number of methoxy groups -OCH3 is 3. The number of hydrogen-bond donors (Lipinski definition) is 2. The Labute approximate surface area is 338 Å². The molecule has 14 heteroatoms. The molecule has 2 fully saturated rings. The van der Waals surface area contributed by atoms with E-state index in [-0.39, 0.29) is 30.0 Å². The van der Waals surface area contributed by atoms with Crippen LogP contribution in [0, 0.1) is 5.92 Å². The number of fused-ring (bicyclic) bond motifs is 6. The van der Waals surface area contributed by atoms with E-state index in [1.807, 2.05) is 25.7 Å². The summed E-state index contributed by atoms with van der Waals surface area (Å²) in [5, 5.41) is 4.83. The van der Waals surface area contributed by atoms with Crippen LogP contribution in [-0.4, -0.2) is 108 Å². The Morgan fingerprint density at radius 1 is 1.03 bits per heavy atom. The minimum absolute atomic E-state index is 0.162. The molecule has 1 aromatic heterocycles. The lowest BCUT2D eigenvalue weighted by Gasteiger charge is -2.30. The summed E-state index contributed by atoms with van der Waals surface area (Å²) in [7, 11) is 4.46. The third-order valence-electron chi connectivity index (χ3n) is 11.7. The third kappa shape index (κ3) is 7.50. The molecule has 5 atom stereocenters. The van der Waals surface area contributed by atoms with Crippen molar-refractivity contribution in [2.45, 2.75) is 89.8 Å². The fourth-order valence-electron chi connectivity index (χ4n) is 8.86. The molecule has 0 bridgehead atoms. The Hall–Kier alpha value is -5.47. The maximum atomic E-state index is 13.7. The molecule has 0 unspecified atom stereocenters. The van der Waals surface area contributed by atoms with Gasteiger partial charge in [-0.15, -0.1) is 0 Å². The van der Waals surface area contributed by atoms with Crippen molar-refractivity contribution in [1.82, 2.24) is 25.1 Å². The molecule has 58 heavy (non-hydrogen) atoms. The number of ether oxygens (including phenoxy) is 5. The summed E-state index contributed by atoms with van der Waals surface area (Å²) >= 11 is 0. The lowest BCUT2D eigenvalue weighted by atomic mass is 9.90. The van der Waals surface area contributed by atoms with Gasteiger partial charge in [0, 0.05) is 50.9 Å². The van der Waals surface area contributed by atoms with Gasteiger partial charge in [-0.2, -0.15) is 0 Å². The number of likely N-dealkylation sites (tertiary alicyclic amines) is 2. The van der Waals surface area contributed by atoms with Crippen molar-refractivity contribution >= 4 is 40.3 Å². The average Bonchev–Trinajstić information content (AvgIpc) is 4.04. The molecule has 4 aliphatic rings. The van der Waals surface area contributed by atoms with Crippen LogP contribution in [0.5, 0.6) is 5.75 Å². The zero-order chi connectivity index (χ0) is 40.9. The number of rotatable bonds is 9. The van der Waals surface area contributed by atoms with Gasteiger partial charge in [-0.25, -0.2) is 14.6 Å². The molecule has 0 aliphatic carbocycles. The van der Waals surface area contributed by atoms with Crippen molar-refractivity contribution in [3.63, 3.8) is 0 Å². The fourth-order valence-corrected chi connectivity index (χ4v) is 8.86. The Kier molecular flexibility index (Phi) is 10.7. The van der Waals surface area contributed by atoms with Crippen LogP contribution >= 0.6 is 0 Å². The monoisotopic (exact) mass is 792 g/mol. The van der Waals surface area contributed by atoms with E-state index in [9.17, 15) is 14.4 Å². The van der Waals surface area contributed by atoms with E-state index in [4.69, 9.17) is 33.7 Å². The topological polar surface area (TPSA) is 157 Å². The first kappa shape index (κ1) is 39.4. The number of carbonyl (C=O) groups is 3. The Balaban J connectivity index is 1.01. The van der Waals surface area contributed by atoms with Crippen LogP contribution in [0.25, 0.3) is 33.2 Å². The first-order chi connectivity index (χ1) is 27.8. The molecule has 14 nitrogen and oxygen atoms in total. The van der Waals surface area contributed by atoms with Gasteiger partial charge >= 0.3 is 12.2 Å². The van der Waals surface area contributed by atoms with Crippen molar-refractivity contribution in [1.29, 1.82) is 0 Å². The maximum absolute atomic E-state index is 13.7. The zero-order valence-corrected chi connectivity index (χ0v) is 34.2. The van der Waals surface area contributed by atoms with Gasteiger partial charge in [-0.1, -0.05) is 18.2 Å². The van der Waals surface area contributed by atoms with Crippen LogP contribution in [-0.2, 0) is 36.8 Å². The standard InChI is InChI=1S/C44H52N6O8/c1-24(55-6)39(48-42(52)56-7)41(51)49-14-8-9-36(49)40-45-20-35(47-40)27-10-12-29-28(16-27)23-57-38-19-30-26(17-32(29)38)11-13-33-31(30)18-34(46-33)37-15-25(22-54-5)21-50(37)43(53)58-44(2,3)4/h10-13,16-17,19-20,24-25,36-37,39H,8-9,14-15,18,21-23H2,1-7H3,(H,45,47)(H,48,52)/t24-,25+,36+,37+,39+/m1/s1. The van der Waals surface area contributed by atoms with E-state index < -0.39 is 23.8 Å². The highest BCUT2D eigenvalue weighted by atomic mass is 16.6. The zero-order valence-electron chi connectivity index (χ0n) is 34.2. The number of hydrogen-bond acceptors (Lipinski definition) is 10. The van der Waals surface area contributed by atoms with Crippen LogP contribution in [0.2, 0.25) is 0 Å². The number of amides is 3. The number of carbonyl (C=O) groups excluding carboxylic acids is 3. The van der Waals surface area contributed by atoms with Crippen molar-refractivity contribution in [2.24, 2.45) is 10.9 Å². The number of alkyl carbamates (subject to hydrolysis) is 1. The number of aromatic amines is 1. The fraction of sp³-hybridized carbons (Fsp3) is 0.477. The normalized spacial score (nSPS) is 20.8.